The molecule has 0 saturated heterocycles. The molecule has 0 aliphatic carbocycles. The predicted octanol–water partition coefficient (Wildman–Crippen LogP) is 3.55. The second kappa shape index (κ2) is 6.95. The minimum atomic E-state index is 0.768. The molecule has 0 fully saturated rings. The number of hydrogen-bond donors (Lipinski definition) is 1. The highest BCUT2D eigenvalue weighted by Crippen LogP contribution is 2.18. The first kappa shape index (κ1) is 15.1. The molecule has 2 rings (SSSR count). The summed E-state index contributed by atoms with van der Waals surface area (Å²) < 4.78 is 5.25. The topological polar surface area (TPSA) is 38.5 Å². The molecule has 0 heterocycles. The second-order valence-corrected chi connectivity index (χ2v) is 5.19. The summed E-state index contributed by atoms with van der Waals surface area (Å²) in [6.45, 7) is 5.52. The largest absolute Gasteiger partial charge is 0.497 e. The van der Waals surface area contributed by atoms with Crippen molar-refractivity contribution in [2.75, 3.05) is 19.9 Å². The van der Waals surface area contributed by atoms with Crippen LogP contribution >= 0.6 is 0 Å². The van der Waals surface area contributed by atoms with E-state index in [-0.39, 0.29) is 0 Å². The van der Waals surface area contributed by atoms with Gasteiger partial charge in [0.25, 0.3) is 0 Å². The molecule has 2 aromatic rings. The zero-order valence-electron chi connectivity index (χ0n) is 12.7. The molecule has 3 nitrogen and oxygen atoms in total. The Morgan fingerprint density at radius 1 is 1.14 bits per heavy atom. The fourth-order valence-corrected chi connectivity index (χ4v) is 2.35. The molecule has 2 aromatic carbocycles. The smallest absolute Gasteiger partial charge is 0.119 e. The highest BCUT2D eigenvalue weighted by Gasteiger charge is 2.04. The summed E-state index contributed by atoms with van der Waals surface area (Å²) in [5.74, 6) is 0.891. The Hall–Kier alpha value is -2.26. The minimum absolute atomic E-state index is 0.768. The average Bonchev–Trinajstić information content (AvgIpc) is 2.49. The predicted molar refractivity (Wildman–Crippen MR) is 89.1 cm³/mol. The molecule has 0 bridgehead atoms. The van der Waals surface area contributed by atoms with Gasteiger partial charge < -0.3 is 10.5 Å². The van der Waals surface area contributed by atoms with E-state index in [0.29, 0.717) is 0 Å². The molecule has 0 aliphatic rings. The molecule has 0 spiro atoms. The van der Waals surface area contributed by atoms with Crippen LogP contribution in [0.4, 0.5) is 5.69 Å². The van der Waals surface area contributed by atoms with Crippen LogP contribution in [-0.2, 0) is 13.1 Å². The lowest BCUT2D eigenvalue weighted by Gasteiger charge is -2.18. The Morgan fingerprint density at radius 2 is 1.86 bits per heavy atom. The lowest BCUT2D eigenvalue weighted by atomic mass is 10.1. The van der Waals surface area contributed by atoms with Gasteiger partial charge in [0.15, 0.2) is 0 Å². The Kier molecular flexibility index (Phi) is 5.01. The molecule has 21 heavy (non-hydrogen) atoms. The van der Waals surface area contributed by atoms with Crippen molar-refractivity contribution >= 4 is 11.8 Å². The highest BCUT2D eigenvalue weighted by atomic mass is 16.5. The molecule has 0 aromatic heterocycles. The van der Waals surface area contributed by atoms with Gasteiger partial charge in [-0.1, -0.05) is 30.9 Å². The van der Waals surface area contributed by atoms with Gasteiger partial charge in [-0.05, 0) is 48.0 Å². The molecule has 0 unspecified atom stereocenters. The molecule has 0 amide bonds. The summed E-state index contributed by atoms with van der Waals surface area (Å²) >= 11 is 0. The SMILES string of the molecule is C=Cc1cc(CN(C)Cc2cccc(OC)c2)ccc1N. The summed E-state index contributed by atoms with van der Waals surface area (Å²) in [6, 6.07) is 14.2. The number of nitrogens with zero attached hydrogens (tertiary/aromatic N) is 1. The fraction of sp³-hybridized carbons (Fsp3) is 0.222. The van der Waals surface area contributed by atoms with Crippen molar-refractivity contribution in [1.82, 2.24) is 4.90 Å². The van der Waals surface area contributed by atoms with Gasteiger partial charge >= 0.3 is 0 Å². The maximum Gasteiger partial charge on any atom is 0.119 e. The maximum absolute atomic E-state index is 5.89. The number of rotatable bonds is 6. The van der Waals surface area contributed by atoms with Crippen LogP contribution < -0.4 is 10.5 Å². The van der Waals surface area contributed by atoms with E-state index < -0.39 is 0 Å². The Labute approximate surface area is 126 Å². The third-order valence-electron chi connectivity index (χ3n) is 3.41. The van der Waals surface area contributed by atoms with E-state index in [0.717, 1.165) is 30.1 Å². The third-order valence-corrected chi connectivity index (χ3v) is 3.41. The summed E-state index contributed by atoms with van der Waals surface area (Å²) in [5, 5.41) is 0. The van der Waals surface area contributed by atoms with E-state index in [9.17, 15) is 0 Å². The number of benzene rings is 2. The van der Waals surface area contributed by atoms with Crippen LogP contribution in [-0.4, -0.2) is 19.1 Å². The van der Waals surface area contributed by atoms with Crippen molar-refractivity contribution in [1.29, 1.82) is 0 Å². The number of methoxy groups -OCH3 is 1. The van der Waals surface area contributed by atoms with Crippen LogP contribution in [0.25, 0.3) is 6.08 Å². The van der Waals surface area contributed by atoms with Gasteiger partial charge in [-0.2, -0.15) is 0 Å². The normalized spacial score (nSPS) is 10.6. The van der Waals surface area contributed by atoms with Gasteiger partial charge in [-0.3, -0.25) is 4.90 Å². The first-order valence-corrected chi connectivity index (χ1v) is 6.94. The maximum atomic E-state index is 5.89. The monoisotopic (exact) mass is 282 g/mol. The lowest BCUT2D eigenvalue weighted by molar-refractivity contribution is 0.318. The number of anilines is 1. The van der Waals surface area contributed by atoms with Crippen LogP contribution in [0.5, 0.6) is 5.75 Å². The van der Waals surface area contributed by atoms with E-state index in [1.54, 1.807) is 13.2 Å². The van der Waals surface area contributed by atoms with Crippen molar-refractivity contribution in [3.8, 4) is 5.75 Å². The lowest BCUT2D eigenvalue weighted by Crippen LogP contribution is -2.17. The van der Waals surface area contributed by atoms with Gasteiger partial charge in [0.05, 0.1) is 7.11 Å². The quantitative estimate of drug-likeness (QED) is 0.823. The summed E-state index contributed by atoms with van der Waals surface area (Å²) in [5.41, 5.74) is 10.1. The number of nitrogen functional groups attached to an aromatic ring is 1. The molecule has 110 valence electrons. The second-order valence-electron chi connectivity index (χ2n) is 5.19. The summed E-state index contributed by atoms with van der Waals surface area (Å²) in [7, 11) is 3.79. The van der Waals surface area contributed by atoms with E-state index in [1.807, 2.05) is 18.2 Å². The molecule has 0 radical (unpaired) electrons. The van der Waals surface area contributed by atoms with Crippen LogP contribution in [0.1, 0.15) is 16.7 Å². The molecule has 2 N–H and O–H groups in total. The van der Waals surface area contributed by atoms with E-state index in [2.05, 4.69) is 42.8 Å². The van der Waals surface area contributed by atoms with Crippen molar-refractivity contribution < 1.29 is 4.74 Å². The molecule has 0 aliphatic heterocycles. The van der Waals surface area contributed by atoms with Crippen molar-refractivity contribution in [2.45, 2.75) is 13.1 Å². The van der Waals surface area contributed by atoms with Gasteiger partial charge in [0.2, 0.25) is 0 Å². The fourth-order valence-electron chi connectivity index (χ4n) is 2.35. The van der Waals surface area contributed by atoms with Gasteiger partial charge in [0, 0.05) is 18.8 Å². The van der Waals surface area contributed by atoms with Gasteiger partial charge in [0.1, 0.15) is 5.75 Å². The van der Waals surface area contributed by atoms with Crippen molar-refractivity contribution in [3.63, 3.8) is 0 Å². The first-order valence-electron chi connectivity index (χ1n) is 6.94. The van der Waals surface area contributed by atoms with Crippen LogP contribution in [0.3, 0.4) is 0 Å². The summed E-state index contributed by atoms with van der Waals surface area (Å²) in [6.07, 6.45) is 1.79. The molecule has 0 saturated carbocycles. The van der Waals surface area contributed by atoms with E-state index >= 15 is 0 Å². The average molecular weight is 282 g/mol. The van der Waals surface area contributed by atoms with Crippen molar-refractivity contribution in [2.24, 2.45) is 0 Å². The van der Waals surface area contributed by atoms with Crippen LogP contribution in [0.2, 0.25) is 0 Å². The van der Waals surface area contributed by atoms with Gasteiger partial charge in [-0.25, -0.2) is 0 Å². The Balaban J connectivity index is 2.04. The molecular weight excluding hydrogens is 260 g/mol. The zero-order chi connectivity index (χ0) is 15.2. The number of nitrogens with two attached hydrogens (primary N) is 1. The number of hydrogen-bond acceptors (Lipinski definition) is 3. The van der Waals surface area contributed by atoms with Gasteiger partial charge in [-0.15, -0.1) is 0 Å². The van der Waals surface area contributed by atoms with E-state index in [1.165, 1.54) is 11.1 Å². The van der Waals surface area contributed by atoms with Crippen LogP contribution in [0.15, 0.2) is 49.0 Å². The molecular formula is C18H22N2O. The third kappa shape index (κ3) is 4.10. The summed E-state index contributed by atoms with van der Waals surface area (Å²) in [4.78, 5) is 2.26. The number of ether oxygens (including phenoxy) is 1. The first-order chi connectivity index (χ1) is 10.1. The van der Waals surface area contributed by atoms with E-state index in [4.69, 9.17) is 10.5 Å². The standard InChI is InChI=1S/C18H22N2O/c1-4-16-10-15(8-9-18(16)19)13-20(2)12-14-6-5-7-17(11-14)21-3/h4-11H,1,12-13,19H2,2-3H3. The van der Waals surface area contributed by atoms with Crippen LogP contribution in [0, 0.1) is 0 Å². The zero-order valence-corrected chi connectivity index (χ0v) is 12.7. The molecule has 3 heteroatoms. The Morgan fingerprint density at radius 3 is 2.52 bits per heavy atom. The Bertz CT molecular complexity index is 622. The van der Waals surface area contributed by atoms with Crippen molar-refractivity contribution in [3.05, 3.63) is 65.7 Å². The highest BCUT2D eigenvalue weighted by molar-refractivity contribution is 5.64. The molecule has 0 atom stereocenters. The minimum Gasteiger partial charge on any atom is -0.497 e.